The predicted molar refractivity (Wildman–Crippen MR) is 54.6 cm³/mol. The molecule has 74 valence electrons. The van der Waals surface area contributed by atoms with Crippen LogP contribution in [0.25, 0.3) is 5.52 Å². The molecule has 0 aliphatic heterocycles. The van der Waals surface area contributed by atoms with E-state index in [1.54, 1.807) is 18.3 Å². The van der Waals surface area contributed by atoms with E-state index < -0.39 is 0 Å². The summed E-state index contributed by atoms with van der Waals surface area (Å²) in [5.41, 5.74) is 0.719. The minimum Gasteiger partial charge on any atom is -0.508 e. The quantitative estimate of drug-likeness (QED) is 0.790. The van der Waals surface area contributed by atoms with E-state index in [9.17, 15) is 5.11 Å². The number of pyridine rings is 1. The summed E-state index contributed by atoms with van der Waals surface area (Å²) >= 11 is 5.91. The molecule has 5 heteroatoms. The summed E-state index contributed by atoms with van der Waals surface area (Å²) in [6.07, 6.45) is 1.75. The van der Waals surface area contributed by atoms with Crippen LogP contribution in [0.1, 0.15) is 5.82 Å². The molecule has 2 heterocycles. The first kappa shape index (κ1) is 9.30. The van der Waals surface area contributed by atoms with Crippen LogP contribution in [0.3, 0.4) is 0 Å². The number of hydrogen-bond donors (Lipinski definition) is 2. The Kier molecular flexibility index (Phi) is 2.31. The lowest BCUT2D eigenvalue weighted by Crippen LogP contribution is -2.08. The van der Waals surface area contributed by atoms with Gasteiger partial charge in [0.25, 0.3) is 0 Å². The van der Waals surface area contributed by atoms with E-state index in [-0.39, 0.29) is 5.75 Å². The standard InChI is InChI=1S/C9H10ClN3O/c1-11-5-8-12-9(10)7-4-6(14)2-3-13(7)8/h2-4,11,14H,5H2,1H3. The van der Waals surface area contributed by atoms with Gasteiger partial charge in [-0.15, -0.1) is 0 Å². The van der Waals surface area contributed by atoms with E-state index in [1.165, 1.54) is 0 Å². The lowest BCUT2D eigenvalue weighted by atomic mass is 10.4. The number of hydrogen-bond acceptors (Lipinski definition) is 3. The molecule has 0 amide bonds. The molecule has 2 aromatic heterocycles. The minimum atomic E-state index is 0.190. The molecule has 14 heavy (non-hydrogen) atoms. The molecule has 2 rings (SSSR count). The van der Waals surface area contributed by atoms with Crippen LogP contribution >= 0.6 is 11.6 Å². The van der Waals surface area contributed by atoms with Gasteiger partial charge in [0.1, 0.15) is 11.6 Å². The number of rotatable bonds is 2. The lowest BCUT2D eigenvalue weighted by Gasteiger charge is -1.99. The highest BCUT2D eigenvalue weighted by molar-refractivity contribution is 6.32. The Bertz CT molecular complexity index is 466. The van der Waals surface area contributed by atoms with Crippen molar-refractivity contribution in [3.8, 4) is 5.75 Å². The molecule has 0 bridgehead atoms. The van der Waals surface area contributed by atoms with Crippen molar-refractivity contribution in [1.82, 2.24) is 14.7 Å². The zero-order chi connectivity index (χ0) is 10.1. The second-order valence-corrected chi connectivity index (χ2v) is 3.35. The van der Waals surface area contributed by atoms with Gasteiger partial charge in [-0.3, -0.25) is 0 Å². The Morgan fingerprint density at radius 3 is 3.14 bits per heavy atom. The van der Waals surface area contributed by atoms with Crippen LogP contribution in [0, 0.1) is 0 Å². The Labute approximate surface area is 86.1 Å². The molecule has 0 saturated heterocycles. The summed E-state index contributed by atoms with van der Waals surface area (Å²) in [4.78, 5) is 4.18. The number of imidazole rings is 1. The highest BCUT2D eigenvalue weighted by Crippen LogP contribution is 2.21. The number of aromatic nitrogens is 2. The maximum atomic E-state index is 9.28. The second-order valence-electron chi connectivity index (χ2n) is 2.99. The zero-order valence-corrected chi connectivity index (χ0v) is 8.41. The minimum absolute atomic E-state index is 0.190. The van der Waals surface area contributed by atoms with Crippen molar-refractivity contribution in [3.05, 3.63) is 29.3 Å². The Morgan fingerprint density at radius 1 is 1.64 bits per heavy atom. The van der Waals surface area contributed by atoms with Crippen LogP contribution in [0.15, 0.2) is 18.3 Å². The van der Waals surface area contributed by atoms with Crippen LogP contribution in [0.5, 0.6) is 5.75 Å². The third-order valence-corrected chi connectivity index (χ3v) is 2.27. The van der Waals surface area contributed by atoms with Crippen molar-refractivity contribution in [2.75, 3.05) is 7.05 Å². The number of fused-ring (bicyclic) bond motifs is 1. The fourth-order valence-corrected chi connectivity index (χ4v) is 1.62. The summed E-state index contributed by atoms with van der Waals surface area (Å²) < 4.78 is 1.85. The molecule has 0 aliphatic rings. The summed E-state index contributed by atoms with van der Waals surface area (Å²) in [5, 5.41) is 12.7. The molecule has 2 aromatic rings. The van der Waals surface area contributed by atoms with Gasteiger partial charge in [0.05, 0.1) is 12.1 Å². The van der Waals surface area contributed by atoms with E-state index >= 15 is 0 Å². The van der Waals surface area contributed by atoms with E-state index in [2.05, 4.69) is 10.3 Å². The fourth-order valence-electron chi connectivity index (χ4n) is 1.38. The van der Waals surface area contributed by atoms with Gasteiger partial charge >= 0.3 is 0 Å². The molecule has 0 aromatic carbocycles. The Balaban J connectivity index is 2.65. The van der Waals surface area contributed by atoms with E-state index in [0.717, 1.165) is 11.3 Å². The van der Waals surface area contributed by atoms with Crippen LogP contribution in [-0.2, 0) is 6.54 Å². The first-order valence-corrected chi connectivity index (χ1v) is 4.60. The average molecular weight is 212 g/mol. The lowest BCUT2D eigenvalue weighted by molar-refractivity contribution is 0.475. The average Bonchev–Trinajstić information content (AvgIpc) is 2.44. The third-order valence-electron chi connectivity index (χ3n) is 1.99. The highest BCUT2D eigenvalue weighted by Gasteiger charge is 2.08. The van der Waals surface area contributed by atoms with Crippen LogP contribution < -0.4 is 5.32 Å². The molecule has 0 atom stereocenters. The molecule has 0 radical (unpaired) electrons. The van der Waals surface area contributed by atoms with Crippen molar-refractivity contribution >= 4 is 17.1 Å². The van der Waals surface area contributed by atoms with E-state index in [0.29, 0.717) is 11.7 Å². The van der Waals surface area contributed by atoms with Crippen molar-refractivity contribution in [2.24, 2.45) is 0 Å². The van der Waals surface area contributed by atoms with Gasteiger partial charge in [-0.2, -0.15) is 0 Å². The Hall–Kier alpha value is -1.26. The summed E-state index contributed by atoms with van der Waals surface area (Å²) in [6, 6.07) is 3.19. The van der Waals surface area contributed by atoms with Crippen molar-refractivity contribution in [3.63, 3.8) is 0 Å². The van der Waals surface area contributed by atoms with E-state index in [4.69, 9.17) is 11.6 Å². The molecule has 0 fully saturated rings. The van der Waals surface area contributed by atoms with Gasteiger partial charge < -0.3 is 14.8 Å². The van der Waals surface area contributed by atoms with Crippen LogP contribution in [-0.4, -0.2) is 21.5 Å². The fraction of sp³-hybridized carbons (Fsp3) is 0.222. The van der Waals surface area contributed by atoms with Gasteiger partial charge in [-0.25, -0.2) is 4.98 Å². The largest absolute Gasteiger partial charge is 0.508 e. The molecular formula is C9H10ClN3O. The first-order chi connectivity index (χ1) is 6.72. The van der Waals surface area contributed by atoms with Crippen LogP contribution in [0.4, 0.5) is 0 Å². The van der Waals surface area contributed by atoms with Gasteiger partial charge in [-0.1, -0.05) is 11.6 Å². The highest BCUT2D eigenvalue weighted by atomic mass is 35.5. The summed E-state index contributed by atoms with van der Waals surface area (Å²) in [5.74, 6) is 1.02. The second kappa shape index (κ2) is 3.48. The molecular weight excluding hydrogens is 202 g/mol. The van der Waals surface area contributed by atoms with Gasteiger partial charge in [-0.05, 0) is 13.1 Å². The summed E-state index contributed by atoms with van der Waals surface area (Å²) in [6.45, 7) is 0.638. The topological polar surface area (TPSA) is 49.6 Å². The number of aromatic hydroxyl groups is 1. The molecule has 4 nitrogen and oxygen atoms in total. The number of nitrogens with one attached hydrogen (secondary N) is 1. The maximum Gasteiger partial charge on any atom is 0.155 e. The summed E-state index contributed by atoms with van der Waals surface area (Å²) in [7, 11) is 1.84. The van der Waals surface area contributed by atoms with Gasteiger partial charge in [0.15, 0.2) is 5.15 Å². The molecule has 0 saturated carbocycles. The Morgan fingerprint density at radius 2 is 2.43 bits per heavy atom. The normalized spacial score (nSPS) is 11.0. The maximum absolute atomic E-state index is 9.28. The number of nitrogens with zero attached hydrogens (tertiary/aromatic N) is 2. The van der Waals surface area contributed by atoms with Gasteiger partial charge in [0, 0.05) is 12.3 Å². The van der Waals surface area contributed by atoms with Crippen molar-refractivity contribution in [1.29, 1.82) is 0 Å². The molecule has 0 aliphatic carbocycles. The molecule has 2 N–H and O–H groups in total. The predicted octanol–water partition coefficient (Wildman–Crippen LogP) is 1.41. The zero-order valence-electron chi connectivity index (χ0n) is 7.66. The van der Waals surface area contributed by atoms with Crippen molar-refractivity contribution in [2.45, 2.75) is 6.54 Å². The smallest absolute Gasteiger partial charge is 0.155 e. The SMILES string of the molecule is CNCc1nc(Cl)c2cc(O)ccn12. The van der Waals surface area contributed by atoms with E-state index in [1.807, 2.05) is 11.4 Å². The van der Waals surface area contributed by atoms with Crippen molar-refractivity contribution < 1.29 is 5.11 Å². The molecule has 0 unspecified atom stereocenters. The monoisotopic (exact) mass is 211 g/mol. The first-order valence-electron chi connectivity index (χ1n) is 4.22. The molecule has 0 spiro atoms. The van der Waals surface area contributed by atoms with Crippen LogP contribution in [0.2, 0.25) is 5.15 Å². The third kappa shape index (κ3) is 1.42. The van der Waals surface area contributed by atoms with Gasteiger partial charge in [0.2, 0.25) is 0 Å². The number of halogens is 1.